The fourth-order valence-electron chi connectivity index (χ4n) is 2.84. The molecule has 0 N–H and O–H groups in total. The summed E-state index contributed by atoms with van der Waals surface area (Å²) in [5.74, 6) is 0. The smallest absolute Gasteiger partial charge is 0.0101 e. The minimum atomic E-state index is 0.383. The average Bonchev–Trinajstić information content (AvgIpc) is 2.96. The fourth-order valence-corrected chi connectivity index (χ4v) is 3.72. The second kappa shape index (κ2) is 10.4. The third kappa shape index (κ3) is 7.47. The molecule has 0 aliphatic carbocycles. The molecule has 0 aliphatic heterocycles. The zero-order valence-electron chi connectivity index (χ0n) is 13.9. The number of unbranched alkanes of at least 4 members (excludes halogenated alkanes) is 9. The molecule has 1 aromatic heterocycles. The van der Waals surface area contributed by atoms with Gasteiger partial charge in [0.25, 0.3) is 0 Å². The molecule has 0 spiro atoms. The van der Waals surface area contributed by atoms with Crippen LogP contribution in [0.15, 0.2) is 17.5 Å². The molecule has 1 rings (SSSR count). The van der Waals surface area contributed by atoms with Crippen LogP contribution in [-0.4, -0.2) is 0 Å². The van der Waals surface area contributed by atoms with Crippen LogP contribution in [0.4, 0.5) is 0 Å². The van der Waals surface area contributed by atoms with E-state index in [0.29, 0.717) is 5.41 Å². The van der Waals surface area contributed by atoms with Crippen LogP contribution in [0.3, 0.4) is 0 Å². The van der Waals surface area contributed by atoms with E-state index in [1.807, 2.05) is 11.3 Å². The van der Waals surface area contributed by atoms with Gasteiger partial charge in [0.2, 0.25) is 0 Å². The Kier molecular flexibility index (Phi) is 9.26. The zero-order chi connectivity index (χ0) is 14.7. The van der Waals surface area contributed by atoms with Crippen LogP contribution in [0, 0.1) is 0 Å². The molecule has 0 saturated carbocycles. The molecule has 0 atom stereocenters. The van der Waals surface area contributed by atoms with Crippen molar-refractivity contribution in [1.82, 2.24) is 0 Å². The van der Waals surface area contributed by atoms with Gasteiger partial charge in [-0.25, -0.2) is 0 Å². The predicted molar refractivity (Wildman–Crippen MR) is 93.8 cm³/mol. The second-order valence-electron chi connectivity index (χ2n) is 6.79. The van der Waals surface area contributed by atoms with Gasteiger partial charge in [-0.1, -0.05) is 91.0 Å². The van der Waals surface area contributed by atoms with Crippen molar-refractivity contribution in [2.24, 2.45) is 0 Å². The second-order valence-corrected chi connectivity index (χ2v) is 7.74. The van der Waals surface area contributed by atoms with Crippen molar-refractivity contribution in [2.45, 2.75) is 96.8 Å². The Bertz CT molecular complexity index is 311. The van der Waals surface area contributed by atoms with E-state index in [9.17, 15) is 0 Å². The number of hydrogen-bond donors (Lipinski definition) is 0. The van der Waals surface area contributed by atoms with Crippen molar-refractivity contribution in [2.75, 3.05) is 0 Å². The van der Waals surface area contributed by atoms with E-state index in [1.54, 1.807) is 4.88 Å². The van der Waals surface area contributed by atoms with E-state index >= 15 is 0 Å². The van der Waals surface area contributed by atoms with Crippen molar-refractivity contribution < 1.29 is 0 Å². The lowest BCUT2D eigenvalue weighted by atomic mass is 9.85. The molecule has 0 bridgehead atoms. The Morgan fingerprint density at radius 1 is 0.850 bits per heavy atom. The maximum Gasteiger partial charge on any atom is 0.0101 e. The Balaban J connectivity index is 1.94. The summed E-state index contributed by atoms with van der Waals surface area (Å²) in [7, 11) is 0. The van der Waals surface area contributed by atoms with Crippen LogP contribution in [0.25, 0.3) is 0 Å². The molecule has 0 fully saturated rings. The molecule has 0 nitrogen and oxygen atoms in total. The summed E-state index contributed by atoms with van der Waals surface area (Å²) in [6, 6.07) is 4.47. The van der Waals surface area contributed by atoms with Crippen LogP contribution < -0.4 is 0 Å². The number of hydrogen-bond acceptors (Lipinski definition) is 1. The van der Waals surface area contributed by atoms with Gasteiger partial charge in [0.1, 0.15) is 0 Å². The van der Waals surface area contributed by atoms with Crippen molar-refractivity contribution in [1.29, 1.82) is 0 Å². The molecule has 1 heteroatoms. The van der Waals surface area contributed by atoms with Crippen LogP contribution in [0.1, 0.15) is 96.3 Å². The lowest BCUT2D eigenvalue weighted by molar-refractivity contribution is 0.448. The molecule has 0 radical (unpaired) electrons. The SMILES string of the molecule is CCCCCCCCCCCCC(C)(C)c1cccs1. The topological polar surface area (TPSA) is 0 Å². The van der Waals surface area contributed by atoms with E-state index in [2.05, 4.69) is 38.3 Å². The van der Waals surface area contributed by atoms with Gasteiger partial charge in [-0.2, -0.15) is 0 Å². The molecule has 0 amide bonds. The van der Waals surface area contributed by atoms with E-state index < -0.39 is 0 Å². The first-order valence-electron chi connectivity index (χ1n) is 8.71. The van der Waals surface area contributed by atoms with Gasteiger partial charge >= 0.3 is 0 Å². The maximum absolute atomic E-state index is 2.40. The zero-order valence-corrected chi connectivity index (χ0v) is 14.7. The quantitative estimate of drug-likeness (QED) is 0.354. The summed E-state index contributed by atoms with van der Waals surface area (Å²) >= 11 is 1.91. The Morgan fingerprint density at radius 3 is 1.90 bits per heavy atom. The predicted octanol–water partition coefficient (Wildman–Crippen LogP) is 7.34. The molecular formula is C19H34S. The summed E-state index contributed by atoms with van der Waals surface area (Å²) in [5, 5.41) is 2.20. The monoisotopic (exact) mass is 294 g/mol. The summed E-state index contributed by atoms with van der Waals surface area (Å²) in [6.45, 7) is 7.08. The largest absolute Gasteiger partial charge is 0.148 e. The van der Waals surface area contributed by atoms with E-state index in [1.165, 1.54) is 70.6 Å². The molecule has 0 unspecified atom stereocenters. The van der Waals surface area contributed by atoms with Gasteiger partial charge in [0, 0.05) is 4.88 Å². The van der Waals surface area contributed by atoms with Crippen molar-refractivity contribution in [3.05, 3.63) is 22.4 Å². The van der Waals surface area contributed by atoms with Crippen molar-refractivity contribution in [3.63, 3.8) is 0 Å². The van der Waals surface area contributed by atoms with Gasteiger partial charge < -0.3 is 0 Å². The minimum absolute atomic E-state index is 0.383. The minimum Gasteiger partial charge on any atom is -0.148 e. The lowest BCUT2D eigenvalue weighted by Gasteiger charge is -2.23. The summed E-state index contributed by atoms with van der Waals surface area (Å²) in [6.07, 6.45) is 15.6. The van der Waals surface area contributed by atoms with Crippen LogP contribution in [0.2, 0.25) is 0 Å². The number of thiophene rings is 1. The van der Waals surface area contributed by atoms with Crippen LogP contribution in [-0.2, 0) is 5.41 Å². The van der Waals surface area contributed by atoms with E-state index in [4.69, 9.17) is 0 Å². The maximum atomic E-state index is 2.40. The van der Waals surface area contributed by atoms with Crippen LogP contribution in [0.5, 0.6) is 0 Å². The molecule has 0 aromatic carbocycles. The number of rotatable bonds is 12. The molecule has 0 saturated heterocycles. The highest BCUT2D eigenvalue weighted by Crippen LogP contribution is 2.32. The Hall–Kier alpha value is -0.300. The van der Waals surface area contributed by atoms with Gasteiger partial charge in [-0.3, -0.25) is 0 Å². The van der Waals surface area contributed by atoms with E-state index in [-0.39, 0.29) is 0 Å². The third-order valence-electron chi connectivity index (χ3n) is 4.34. The van der Waals surface area contributed by atoms with Gasteiger partial charge in [-0.15, -0.1) is 11.3 Å². The molecule has 116 valence electrons. The molecule has 1 aromatic rings. The summed E-state index contributed by atoms with van der Waals surface area (Å²) < 4.78 is 0. The van der Waals surface area contributed by atoms with E-state index in [0.717, 1.165) is 0 Å². The molecule has 20 heavy (non-hydrogen) atoms. The molecule has 0 aliphatic rings. The summed E-state index contributed by atoms with van der Waals surface area (Å²) in [5.41, 5.74) is 0.383. The average molecular weight is 295 g/mol. The highest BCUT2D eigenvalue weighted by molar-refractivity contribution is 7.10. The summed E-state index contributed by atoms with van der Waals surface area (Å²) in [4.78, 5) is 1.55. The van der Waals surface area contributed by atoms with Gasteiger partial charge in [-0.05, 0) is 23.3 Å². The molecule has 1 heterocycles. The lowest BCUT2D eigenvalue weighted by Crippen LogP contribution is -2.14. The first-order chi connectivity index (χ1) is 9.67. The first kappa shape index (κ1) is 17.8. The Morgan fingerprint density at radius 2 is 1.40 bits per heavy atom. The molecular weight excluding hydrogens is 260 g/mol. The highest BCUT2D eigenvalue weighted by Gasteiger charge is 2.20. The van der Waals surface area contributed by atoms with Crippen molar-refractivity contribution in [3.8, 4) is 0 Å². The highest BCUT2D eigenvalue weighted by atomic mass is 32.1. The van der Waals surface area contributed by atoms with Gasteiger partial charge in [0.05, 0.1) is 0 Å². The van der Waals surface area contributed by atoms with Crippen molar-refractivity contribution >= 4 is 11.3 Å². The van der Waals surface area contributed by atoms with Crippen LogP contribution >= 0.6 is 11.3 Å². The normalized spacial score (nSPS) is 11.9. The standard InChI is InChI=1S/C19H34S/c1-4-5-6-7-8-9-10-11-12-13-16-19(2,3)18-15-14-17-20-18/h14-15,17H,4-13,16H2,1-3H3. The third-order valence-corrected chi connectivity index (χ3v) is 5.58. The first-order valence-corrected chi connectivity index (χ1v) is 9.59. The fraction of sp³-hybridized carbons (Fsp3) is 0.789. The Labute approximate surface area is 131 Å². The van der Waals surface area contributed by atoms with Gasteiger partial charge in [0.15, 0.2) is 0 Å².